The summed E-state index contributed by atoms with van der Waals surface area (Å²) in [5.74, 6) is 0.833. The Morgan fingerprint density at radius 3 is 2.17 bits per heavy atom. The summed E-state index contributed by atoms with van der Waals surface area (Å²) in [6.07, 6.45) is 3.08. The molecular weight excluding hydrogens is 167 g/mol. The summed E-state index contributed by atoms with van der Waals surface area (Å²) in [6.45, 7) is 2.38. The fraction of sp³-hybridized carbons (Fsp3) is 0.750. The molecule has 0 aromatic rings. The molecule has 0 aromatic carbocycles. The van der Waals surface area contributed by atoms with E-state index in [0.717, 1.165) is 19.3 Å². The van der Waals surface area contributed by atoms with Gasteiger partial charge in [-0.05, 0) is 12.8 Å². The first-order valence-electron chi connectivity index (χ1n) is 3.71. The molecule has 12 heavy (non-hydrogen) atoms. The van der Waals surface area contributed by atoms with Gasteiger partial charge in [0.25, 0.3) is 6.47 Å². The van der Waals surface area contributed by atoms with Crippen LogP contribution in [-0.2, 0) is 14.3 Å². The zero-order chi connectivity index (χ0) is 8.69. The molecule has 1 unspecified atom stereocenters. The predicted octanol–water partition coefficient (Wildman–Crippen LogP) is 0.784. The molecule has 1 rings (SSSR count). The van der Waals surface area contributed by atoms with Crippen molar-refractivity contribution in [3.05, 3.63) is 0 Å². The first-order chi connectivity index (χ1) is 5.22. The fourth-order valence-electron chi connectivity index (χ4n) is 0.990. The topological polar surface area (TPSA) is 43.4 Å². The van der Waals surface area contributed by atoms with Gasteiger partial charge in [-0.2, -0.15) is 0 Å². The number of methoxy groups -OCH3 is 1. The van der Waals surface area contributed by atoms with Crippen LogP contribution in [0.25, 0.3) is 0 Å². The Kier molecular flexibility index (Phi) is 11.3. The smallest absolute Gasteiger partial charge is 0.292 e. The van der Waals surface area contributed by atoms with Gasteiger partial charge >= 0.3 is 0 Å². The third kappa shape index (κ3) is 6.83. The molecule has 0 aromatic heterocycles. The molecule has 0 heterocycles. The zero-order valence-electron chi connectivity index (χ0n) is 8.00. The molecule has 0 amide bonds. The maximum absolute atomic E-state index is 10.6. The number of hydrogen-bond acceptors (Lipinski definition) is 3. The van der Waals surface area contributed by atoms with Gasteiger partial charge in [-0.15, -0.1) is 0 Å². The number of hydrogen-bond donors (Lipinski definition) is 0. The van der Waals surface area contributed by atoms with Gasteiger partial charge in [-0.1, -0.05) is 6.92 Å². The van der Waals surface area contributed by atoms with Gasteiger partial charge < -0.3 is 4.74 Å². The van der Waals surface area contributed by atoms with Gasteiger partial charge in [0.05, 0.1) is 7.11 Å². The minimum absolute atomic E-state index is 0. The van der Waals surface area contributed by atoms with E-state index in [1.807, 2.05) is 6.92 Å². The molecule has 1 aliphatic rings. The van der Waals surface area contributed by atoms with E-state index >= 15 is 0 Å². The molecule has 1 saturated carbocycles. The van der Waals surface area contributed by atoms with Crippen molar-refractivity contribution in [3.63, 3.8) is 0 Å². The largest absolute Gasteiger partial charge is 0.471 e. The summed E-state index contributed by atoms with van der Waals surface area (Å²) < 4.78 is 3.86. The Hall–Kier alpha value is 0.140. The molecule has 0 bridgehead atoms. The summed E-state index contributed by atoms with van der Waals surface area (Å²) in [6, 6.07) is 0. The van der Waals surface area contributed by atoms with Crippen molar-refractivity contribution >= 4 is 41.8 Å². The Labute approximate surface area is 95.1 Å². The number of carbonyl (C=O) groups is 2. The van der Waals surface area contributed by atoms with Gasteiger partial charge in [0.2, 0.25) is 0 Å². The molecule has 0 spiro atoms. The molecule has 1 radical (unpaired) electrons. The first-order valence-corrected chi connectivity index (χ1v) is 3.71. The van der Waals surface area contributed by atoms with Crippen molar-refractivity contribution in [1.82, 2.24) is 0 Å². The molecule has 1 fully saturated rings. The Morgan fingerprint density at radius 1 is 1.58 bits per heavy atom. The van der Waals surface area contributed by atoms with E-state index in [9.17, 15) is 4.79 Å². The van der Waals surface area contributed by atoms with Gasteiger partial charge in [0.15, 0.2) is 0 Å². The van der Waals surface area contributed by atoms with Crippen LogP contribution in [0.5, 0.6) is 0 Å². The maximum Gasteiger partial charge on any atom is 0.292 e. The molecule has 3 nitrogen and oxygen atoms in total. The molecule has 0 saturated heterocycles. The van der Waals surface area contributed by atoms with Gasteiger partial charge in [-0.25, -0.2) is 0 Å². The van der Waals surface area contributed by atoms with E-state index in [0.29, 0.717) is 18.2 Å². The maximum atomic E-state index is 10.6. The average Bonchev–Trinajstić information content (AvgIpc) is 2.37. The molecule has 65 valence electrons. The summed E-state index contributed by atoms with van der Waals surface area (Å²) in [4.78, 5) is 19.5. The molecular formula is C8H14NaO3. The number of ether oxygens (including phenoxy) is 1. The minimum atomic E-state index is 0. The number of ketones is 1. The van der Waals surface area contributed by atoms with E-state index in [1.165, 1.54) is 7.11 Å². The Morgan fingerprint density at radius 2 is 2.08 bits per heavy atom. The molecule has 1 atom stereocenters. The van der Waals surface area contributed by atoms with Crippen molar-refractivity contribution in [1.29, 1.82) is 0 Å². The number of Topliss-reactive ketones (excluding diaryl/α,β-unsaturated/α-hetero) is 1. The van der Waals surface area contributed by atoms with Crippen LogP contribution in [0.1, 0.15) is 26.2 Å². The van der Waals surface area contributed by atoms with Gasteiger partial charge in [-0.3, -0.25) is 9.59 Å². The fourth-order valence-corrected chi connectivity index (χ4v) is 0.990. The van der Waals surface area contributed by atoms with E-state index in [4.69, 9.17) is 4.79 Å². The second kappa shape index (κ2) is 9.23. The normalized spacial score (nSPS) is 20.2. The Balaban J connectivity index is 0. The average molecular weight is 181 g/mol. The SMILES string of the molecule is CC1CCCC1=O.COC=O.[Na]. The van der Waals surface area contributed by atoms with Crippen LogP contribution in [0, 0.1) is 5.92 Å². The van der Waals surface area contributed by atoms with Crippen LogP contribution < -0.4 is 0 Å². The van der Waals surface area contributed by atoms with E-state index in [2.05, 4.69) is 4.74 Å². The summed E-state index contributed by atoms with van der Waals surface area (Å²) >= 11 is 0. The van der Waals surface area contributed by atoms with Crippen molar-refractivity contribution in [3.8, 4) is 0 Å². The minimum Gasteiger partial charge on any atom is -0.471 e. The van der Waals surface area contributed by atoms with Crippen molar-refractivity contribution in [2.24, 2.45) is 5.92 Å². The van der Waals surface area contributed by atoms with Crippen molar-refractivity contribution < 1.29 is 14.3 Å². The van der Waals surface area contributed by atoms with Crippen LogP contribution in [0.2, 0.25) is 0 Å². The van der Waals surface area contributed by atoms with Crippen LogP contribution in [0.3, 0.4) is 0 Å². The third-order valence-electron chi connectivity index (χ3n) is 1.71. The monoisotopic (exact) mass is 181 g/mol. The van der Waals surface area contributed by atoms with Gasteiger partial charge in [0, 0.05) is 41.9 Å². The second-order valence-electron chi connectivity index (χ2n) is 2.59. The van der Waals surface area contributed by atoms with Crippen LogP contribution in [0.4, 0.5) is 0 Å². The van der Waals surface area contributed by atoms with Crippen molar-refractivity contribution in [2.45, 2.75) is 26.2 Å². The number of rotatable bonds is 1. The Bertz CT molecular complexity index is 136. The first kappa shape index (κ1) is 14.7. The molecule has 0 aliphatic heterocycles. The number of carbonyl (C=O) groups excluding carboxylic acids is 2. The summed E-state index contributed by atoms with van der Waals surface area (Å²) in [7, 11) is 1.31. The zero-order valence-corrected chi connectivity index (χ0v) is 10.0. The quantitative estimate of drug-likeness (QED) is 0.443. The van der Waals surface area contributed by atoms with E-state index in [-0.39, 0.29) is 29.6 Å². The molecule has 4 heteroatoms. The van der Waals surface area contributed by atoms with Gasteiger partial charge in [0.1, 0.15) is 5.78 Å². The summed E-state index contributed by atoms with van der Waals surface area (Å²) in [5.41, 5.74) is 0. The van der Waals surface area contributed by atoms with E-state index in [1.54, 1.807) is 0 Å². The standard InChI is InChI=1S/C6H10O.C2H4O2.Na/c1-5-3-2-4-6(5)7;1-4-2-3;/h5H,2-4H2,1H3;2H,1H3;. The van der Waals surface area contributed by atoms with E-state index < -0.39 is 0 Å². The molecule has 0 N–H and O–H groups in total. The second-order valence-corrected chi connectivity index (χ2v) is 2.59. The predicted molar refractivity (Wildman–Crippen MR) is 46.8 cm³/mol. The van der Waals surface area contributed by atoms with Crippen LogP contribution in [0.15, 0.2) is 0 Å². The van der Waals surface area contributed by atoms with Crippen molar-refractivity contribution in [2.75, 3.05) is 7.11 Å². The molecule has 1 aliphatic carbocycles. The summed E-state index contributed by atoms with van der Waals surface area (Å²) in [5, 5.41) is 0. The van der Waals surface area contributed by atoms with Crippen LogP contribution >= 0.6 is 0 Å². The van der Waals surface area contributed by atoms with Crippen LogP contribution in [-0.4, -0.2) is 48.9 Å². The third-order valence-corrected chi connectivity index (χ3v) is 1.71.